The molecule has 0 bridgehead atoms. The van der Waals surface area contributed by atoms with Crippen molar-refractivity contribution in [3.8, 4) is 0 Å². The highest BCUT2D eigenvalue weighted by Gasteiger charge is 2.29. The van der Waals surface area contributed by atoms with Crippen LogP contribution in [0.3, 0.4) is 0 Å². The lowest BCUT2D eigenvalue weighted by molar-refractivity contribution is -0.132. The van der Waals surface area contributed by atoms with Gasteiger partial charge in [0.15, 0.2) is 0 Å². The number of carbonyl (C=O) groups is 2. The fourth-order valence-corrected chi connectivity index (χ4v) is 10.5. The zero-order valence-electron chi connectivity index (χ0n) is 46.6. The standard InChI is InChI=1S/C61H121N3O4/c1-5-9-13-17-21-25-33-43-52-63(53-44-34-26-22-18-14-10-6-2)60(66)47-39-31-29-37-41-50-62(58-57-68-56-49-59(58)65)51-42-38-30-32-40-48-61(67)64(54-45-35-27-23-19-15-11-7-3)55-46-36-28-24-20-16-12-8-4/h58-59,65H,5-57H2,1-4H3/t58?,59-/m0/s1. The van der Waals surface area contributed by atoms with E-state index in [2.05, 4.69) is 42.4 Å². The summed E-state index contributed by atoms with van der Waals surface area (Å²) >= 11 is 0. The summed E-state index contributed by atoms with van der Waals surface area (Å²) in [5.41, 5.74) is 0. The van der Waals surface area contributed by atoms with Crippen LogP contribution in [0.4, 0.5) is 0 Å². The maximum atomic E-state index is 13.5. The van der Waals surface area contributed by atoms with E-state index < -0.39 is 0 Å². The molecule has 1 aliphatic heterocycles. The van der Waals surface area contributed by atoms with E-state index >= 15 is 0 Å². The van der Waals surface area contributed by atoms with Gasteiger partial charge >= 0.3 is 0 Å². The molecule has 2 atom stereocenters. The number of hydrogen-bond acceptors (Lipinski definition) is 5. The van der Waals surface area contributed by atoms with Gasteiger partial charge in [0.1, 0.15) is 0 Å². The minimum absolute atomic E-state index is 0.0974. The summed E-state index contributed by atoms with van der Waals surface area (Å²) in [6.45, 7) is 16.3. The summed E-state index contributed by atoms with van der Waals surface area (Å²) in [5, 5.41) is 11.0. The Balaban J connectivity index is 2.45. The number of nitrogens with zero attached hydrogens (tertiary/aromatic N) is 3. The molecule has 0 spiro atoms. The fourth-order valence-electron chi connectivity index (χ4n) is 10.5. The van der Waals surface area contributed by atoms with Gasteiger partial charge in [-0.25, -0.2) is 0 Å². The highest BCUT2D eigenvalue weighted by molar-refractivity contribution is 5.76. The maximum Gasteiger partial charge on any atom is 0.222 e. The van der Waals surface area contributed by atoms with Crippen molar-refractivity contribution in [3.63, 3.8) is 0 Å². The van der Waals surface area contributed by atoms with Gasteiger partial charge in [0, 0.05) is 45.6 Å². The lowest BCUT2D eigenvalue weighted by Crippen LogP contribution is -2.50. The van der Waals surface area contributed by atoms with Crippen LogP contribution < -0.4 is 0 Å². The van der Waals surface area contributed by atoms with Crippen molar-refractivity contribution in [2.24, 2.45) is 0 Å². The summed E-state index contributed by atoms with van der Waals surface area (Å²) < 4.78 is 5.88. The molecule has 0 aromatic carbocycles. The Labute approximate surface area is 425 Å². The number of ether oxygens (including phenoxy) is 1. The van der Waals surface area contributed by atoms with E-state index in [1.165, 1.54) is 205 Å². The van der Waals surface area contributed by atoms with Gasteiger partial charge in [0.25, 0.3) is 0 Å². The summed E-state index contributed by atoms with van der Waals surface area (Å²) in [6.07, 6.45) is 55.1. The minimum atomic E-state index is -0.306. The molecule has 1 fully saturated rings. The van der Waals surface area contributed by atoms with Crippen LogP contribution in [-0.2, 0) is 14.3 Å². The Morgan fingerprint density at radius 1 is 0.368 bits per heavy atom. The van der Waals surface area contributed by atoms with Crippen LogP contribution in [0.5, 0.6) is 0 Å². The molecule has 1 aliphatic rings. The lowest BCUT2D eigenvalue weighted by atomic mass is 10.0. The van der Waals surface area contributed by atoms with Gasteiger partial charge in [-0.3, -0.25) is 14.5 Å². The molecular formula is C61H121N3O4. The number of unbranched alkanes of at least 4 members (excludes halogenated alkanes) is 36. The molecule has 0 radical (unpaired) electrons. The second-order valence-electron chi connectivity index (χ2n) is 21.7. The molecule has 2 amide bonds. The van der Waals surface area contributed by atoms with Crippen LogP contribution >= 0.6 is 0 Å². The molecule has 0 aromatic rings. The van der Waals surface area contributed by atoms with Gasteiger partial charge < -0.3 is 19.6 Å². The molecule has 1 unspecified atom stereocenters. The van der Waals surface area contributed by atoms with Gasteiger partial charge in [0.05, 0.1) is 18.8 Å². The minimum Gasteiger partial charge on any atom is -0.391 e. The lowest BCUT2D eigenvalue weighted by Gasteiger charge is -2.37. The first-order chi connectivity index (χ1) is 33.5. The second-order valence-corrected chi connectivity index (χ2v) is 21.7. The topological polar surface area (TPSA) is 73.3 Å². The third-order valence-electron chi connectivity index (χ3n) is 15.3. The first-order valence-corrected chi connectivity index (χ1v) is 31.0. The SMILES string of the molecule is CCCCCCCCCCN(CCCCCCCCCC)C(=O)CCCCCCCN(CCCCCCCC(=O)N(CCCCCCCCCC)CCCCCCCCCC)C1COCC[C@@H]1O. The molecule has 0 aliphatic carbocycles. The number of aliphatic hydroxyl groups excluding tert-OH is 1. The Bertz CT molecular complexity index is 948. The van der Waals surface area contributed by atoms with Gasteiger partial charge in [-0.05, 0) is 70.9 Å². The fraction of sp³-hybridized carbons (Fsp3) is 0.967. The number of rotatable bonds is 53. The van der Waals surface area contributed by atoms with Crippen molar-refractivity contribution in [2.75, 3.05) is 52.5 Å². The molecule has 68 heavy (non-hydrogen) atoms. The van der Waals surface area contributed by atoms with Crippen LogP contribution in [0.2, 0.25) is 0 Å². The van der Waals surface area contributed by atoms with Crippen LogP contribution in [0, 0.1) is 0 Å². The van der Waals surface area contributed by atoms with Crippen molar-refractivity contribution in [2.45, 2.75) is 329 Å². The molecule has 1 N–H and O–H groups in total. The van der Waals surface area contributed by atoms with E-state index in [1.54, 1.807) is 0 Å². The summed E-state index contributed by atoms with van der Waals surface area (Å²) in [7, 11) is 0. The van der Waals surface area contributed by atoms with Crippen LogP contribution in [-0.4, -0.2) is 96.2 Å². The number of carbonyl (C=O) groups excluding carboxylic acids is 2. The average molecular weight is 961 g/mol. The van der Waals surface area contributed by atoms with E-state index in [-0.39, 0.29) is 12.1 Å². The zero-order chi connectivity index (χ0) is 49.2. The largest absolute Gasteiger partial charge is 0.391 e. The van der Waals surface area contributed by atoms with Crippen molar-refractivity contribution < 1.29 is 19.4 Å². The molecular weight excluding hydrogens is 839 g/mol. The summed E-state index contributed by atoms with van der Waals surface area (Å²) in [5.74, 6) is 0.787. The Hall–Kier alpha value is -1.18. The van der Waals surface area contributed by atoms with Crippen molar-refractivity contribution in [1.29, 1.82) is 0 Å². The molecule has 0 saturated carbocycles. The number of amides is 2. The summed E-state index contributed by atoms with van der Waals surface area (Å²) in [4.78, 5) is 33.9. The summed E-state index contributed by atoms with van der Waals surface area (Å²) in [6, 6.07) is 0.0974. The highest BCUT2D eigenvalue weighted by Crippen LogP contribution is 2.20. The number of hydrogen-bond donors (Lipinski definition) is 1. The van der Waals surface area contributed by atoms with E-state index in [0.717, 1.165) is 110 Å². The number of aliphatic hydroxyl groups is 1. The van der Waals surface area contributed by atoms with E-state index in [9.17, 15) is 14.7 Å². The van der Waals surface area contributed by atoms with Crippen molar-refractivity contribution in [1.82, 2.24) is 14.7 Å². The average Bonchev–Trinajstić information content (AvgIpc) is 3.34. The quantitative estimate of drug-likeness (QED) is 0.0615. The van der Waals surface area contributed by atoms with Gasteiger partial charge in [-0.1, -0.05) is 246 Å². The normalized spacial score (nSPS) is 15.1. The maximum absolute atomic E-state index is 13.5. The molecule has 1 saturated heterocycles. The van der Waals surface area contributed by atoms with E-state index in [4.69, 9.17) is 4.74 Å². The smallest absolute Gasteiger partial charge is 0.222 e. The monoisotopic (exact) mass is 960 g/mol. The Morgan fingerprint density at radius 2 is 0.618 bits per heavy atom. The van der Waals surface area contributed by atoms with Crippen LogP contribution in [0.15, 0.2) is 0 Å². The predicted molar refractivity (Wildman–Crippen MR) is 296 cm³/mol. The van der Waals surface area contributed by atoms with Gasteiger partial charge in [0.2, 0.25) is 11.8 Å². The van der Waals surface area contributed by atoms with Gasteiger partial charge in [-0.2, -0.15) is 0 Å². The molecule has 1 rings (SSSR count). The Kier molecular flexibility index (Phi) is 48.4. The third kappa shape index (κ3) is 39.4. The molecule has 7 nitrogen and oxygen atoms in total. The van der Waals surface area contributed by atoms with E-state index in [1.807, 2.05) is 0 Å². The van der Waals surface area contributed by atoms with Gasteiger partial charge in [-0.15, -0.1) is 0 Å². The molecule has 7 heteroatoms. The second kappa shape index (κ2) is 50.7. The Morgan fingerprint density at radius 3 is 0.897 bits per heavy atom. The molecule has 0 aromatic heterocycles. The first kappa shape index (κ1) is 64.8. The van der Waals surface area contributed by atoms with Crippen molar-refractivity contribution in [3.05, 3.63) is 0 Å². The van der Waals surface area contributed by atoms with Crippen LogP contribution in [0.1, 0.15) is 317 Å². The zero-order valence-corrected chi connectivity index (χ0v) is 46.6. The van der Waals surface area contributed by atoms with E-state index in [0.29, 0.717) is 37.9 Å². The highest BCUT2D eigenvalue weighted by atomic mass is 16.5. The predicted octanol–water partition coefficient (Wildman–Crippen LogP) is 17.3. The van der Waals surface area contributed by atoms with Crippen LogP contribution in [0.25, 0.3) is 0 Å². The molecule has 1 heterocycles. The molecule has 404 valence electrons. The van der Waals surface area contributed by atoms with Crippen molar-refractivity contribution >= 4 is 11.8 Å². The third-order valence-corrected chi connectivity index (χ3v) is 15.3. The first-order valence-electron chi connectivity index (χ1n) is 31.0.